The molecule has 5 aliphatic rings. The summed E-state index contributed by atoms with van der Waals surface area (Å²) in [4.78, 5) is 26.9. The maximum atomic E-state index is 14.6. The number of nitrogens with one attached hydrogen (secondary N) is 1. The van der Waals surface area contributed by atoms with Crippen molar-refractivity contribution in [2.45, 2.75) is 105 Å². The molecule has 3 saturated carbocycles. The highest BCUT2D eigenvalue weighted by Gasteiger charge is 2.69. The van der Waals surface area contributed by atoms with Crippen molar-refractivity contribution >= 4 is 11.7 Å². The molecule has 0 saturated heterocycles. The fraction of sp³-hybridized carbons (Fsp3) is 0.735. The van der Waals surface area contributed by atoms with E-state index in [-0.39, 0.29) is 50.2 Å². The number of nitrogens with zero attached hydrogens (tertiary/aromatic N) is 1. The van der Waals surface area contributed by atoms with Crippen molar-refractivity contribution in [1.82, 2.24) is 10.5 Å². The van der Waals surface area contributed by atoms with Crippen LogP contribution < -0.4 is 5.32 Å². The quantitative estimate of drug-likeness (QED) is 0.427. The molecule has 5 nitrogen and oxygen atoms in total. The molecule has 0 unspecified atom stereocenters. The summed E-state index contributed by atoms with van der Waals surface area (Å²) in [7, 11) is 0. The first-order chi connectivity index (χ1) is 18.1. The molecule has 6 rings (SSSR count). The fourth-order valence-electron chi connectivity index (χ4n) is 11.1. The Kier molecular flexibility index (Phi) is 5.68. The number of amides is 1. The molecule has 5 aliphatic carbocycles. The summed E-state index contributed by atoms with van der Waals surface area (Å²) < 4.78 is 5.82. The number of ketones is 1. The van der Waals surface area contributed by atoms with E-state index in [1.54, 1.807) is 0 Å². The molecule has 0 spiro atoms. The molecular weight excluding hydrogens is 484 g/mol. The average Bonchev–Trinajstić information content (AvgIpc) is 3.33. The average molecular weight is 533 g/mol. The minimum absolute atomic E-state index is 0.0110. The molecule has 39 heavy (non-hydrogen) atoms. The van der Waals surface area contributed by atoms with E-state index >= 15 is 0 Å². The maximum Gasteiger partial charge on any atom is 0.243 e. The number of allylic oxidation sites excluding steroid dienone is 2. The van der Waals surface area contributed by atoms with Crippen LogP contribution in [0.3, 0.4) is 0 Å². The maximum absolute atomic E-state index is 14.6. The third-order valence-electron chi connectivity index (χ3n) is 13.3. The lowest BCUT2D eigenvalue weighted by Gasteiger charge is -2.69. The Morgan fingerprint density at radius 1 is 1.10 bits per heavy atom. The number of hydrogen-bond acceptors (Lipinski definition) is 4. The molecule has 7 atom stereocenters. The van der Waals surface area contributed by atoms with E-state index in [1.807, 2.05) is 6.20 Å². The Hall–Kier alpha value is -2.17. The van der Waals surface area contributed by atoms with Gasteiger partial charge in [-0.1, -0.05) is 65.8 Å². The molecule has 212 valence electrons. The van der Waals surface area contributed by atoms with Crippen LogP contribution in [0.5, 0.6) is 0 Å². The van der Waals surface area contributed by atoms with Crippen LogP contribution in [-0.4, -0.2) is 23.4 Å². The highest BCUT2D eigenvalue weighted by molar-refractivity contribution is 5.95. The first-order valence-electron chi connectivity index (χ1n) is 15.2. The molecule has 0 radical (unpaired) electrons. The lowest BCUT2D eigenvalue weighted by molar-refractivity contribution is -0.171. The van der Waals surface area contributed by atoms with Gasteiger partial charge in [-0.2, -0.15) is 0 Å². The van der Waals surface area contributed by atoms with Crippen LogP contribution in [-0.2, 0) is 21.4 Å². The molecule has 0 aromatic carbocycles. The zero-order valence-corrected chi connectivity index (χ0v) is 25.2. The SMILES string of the molecule is C=CC(=O)NC[C@]12CCC(C)(C)C[C@H]1[C@H]1C(=O)C=C3[C@@]4(C)Cc5cnoc5C(C)(C)[C@@H]4CC[C@@]3(C)[C@]1(C)CC2. The Labute approximate surface area is 234 Å². The molecule has 1 heterocycles. The lowest BCUT2D eigenvalue weighted by atomic mass is 9.34. The summed E-state index contributed by atoms with van der Waals surface area (Å²) in [6.45, 7) is 21.1. The Morgan fingerprint density at radius 3 is 2.54 bits per heavy atom. The van der Waals surface area contributed by atoms with E-state index in [2.05, 4.69) is 71.6 Å². The van der Waals surface area contributed by atoms with E-state index in [0.29, 0.717) is 18.2 Å². The predicted molar refractivity (Wildman–Crippen MR) is 153 cm³/mol. The highest BCUT2D eigenvalue weighted by Crippen LogP contribution is 2.74. The first kappa shape index (κ1) is 27.0. The molecule has 0 aliphatic heterocycles. The number of carbonyl (C=O) groups is 2. The zero-order chi connectivity index (χ0) is 28.2. The van der Waals surface area contributed by atoms with Crippen molar-refractivity contribution in [2.24, 2.45) is 44.8 Å². The van der Waals surface area contributed by atoms with Gasteiger partial charge in [-0.15, -0.1) is 0 Å². The monoisotopic (exact) mass is 532 g/mol. The van der Waals surface area contributed by atoms with Crippen LogP contribution in [0.25, 0.3) is 0 Å². The van der Waals surface area contributed by atoms with Crippen LogP contribution in [0.4, 0.5) is 0 Å². The van der Waals surface area contributed by atoms with Gasteiger partial charge in [0.25, 0.3) is 0 Å². The summed E-state index contributed by atoms with van der Waals surface area (Å²) in [6, 6.07) is 0. The highest BCUT2D eigenvalue weighted by atomic mass is 16.5. The van der Waals surface area contributed by atoms with Crippen molar-refractivity contribution in [2.75, 3.05) is 6.54 Å². The standard InChI is InChI=1S/C34H48N2O3/c1-9-26(38)35-20-34-14-12-29(2,3)18-22(34)27-23(37)16-25-31(6)17-21-19-36-39-28(21)30(4,5)24(31)10-11-32(25,7)33(27,8)13-15-34/h9,16,19,22,24,27H,1,10-15,17-18,20H2,2-8H3,(H,35,38)/t22-,24-,27-,31-,32+,33+,34+/m0/s1. The van der Waals surface area contributed by atoms with Gasteiger partial charge >= 0.3 is 0 Å². The Bertz CT molecular complexity index is 1270. The van der Waals surface area contributed by atoms with Crippen LogP contribution >= 0.6 is 0 Å². The lowest BCUT2D eigenvalue weighted by Crippen LogP contribution is -2.66. The summed E-state index contributed by atoms with van der Waals surface area (Å²) >= 11 is 0. The molecule has 1 amide bonds. The molecule has 1 aromatic rings. The minimum atomic E-state index is -0.125. The second kappa shape index (κ2) is 8.19. The minimum Gasteiger partial charge on any atom is -0.361 e. The first-order valence-corrected chi connectivity index (χ1v) is 15.2. The van der Waals surface area contributed by atoms with E-state index in [4.69, 9.17) is 4.52 Å². The van der Waals surface area contributed by atoms with Gasteiger partial charge in [0.2, 0.25) is 5.91 Å². The molecule has 0 bridgehead atoms. The molecule has 1 aromatic heterocycles. The molecule has 3 fully saturated rings. The van der Waals surface area contributed by atoms with Crippen LogP contribution in [0.2, 0.25) is 0 Å². The van der Waals surface area contributed by atoms with Gasteiger partial charge in [-0.3, -0.25) is 9.59 Å². The second-order valence-electron chi connectivity index (χ2n) is 16.0. The fourth-order valence-corrected chi connectivity index (χ4v) is 11.1. The van der Waals surface area contributed by atoms with Crippen molar-refractivity contribution in [3.8, 4) is 0 Å². The van der Waals surface area contributed by atoms with Gasteiger partial charge in [-0.25, -0.2) is 0 Å². The van der Waals surface area contributed by atoms with E-state index < -0.39 is 0 Å². The van der Waals surface area contributed by atoms with Crippen LogP contribution in [0.15, 0.2) is 35.0 Å². The normalized spacial score (nSPS) is 43.5. The van der Waals surface area contributed by atoms with Gasteiger partial charge in [0.05, 0.1) is 6.20 Å². The number of aromatic nitrogens is 1. The van der Waals surface area contributed by atoms with Crippen molar-refractivity contribution < 1.29 is 14.1 Å². The predicted octanol–water partition coefficient (Wildman–Crippen LogP) is 6.97. The molecule has 5 heteroatoms. The van der Waals surface area contributed by atoms with Gasteiger partial charge in [0.15, 0.2) is 5.78 Å². The largest absolute Gasteiger partial charge is 0.361 e. The van der Waals surface area contributed by atoms with Crippen molar-refractivity contribution in [3.63, 3.8) is 0 Å². The zero-order valence-electron chi connectivity index (χ0n) is 25.2. The topological polar surface area (TPSA) is 72.2 Å². The third-order valence-corrected chi connectivity index (χ3v) is 13.3. The van der Waals surface area contributed by atoms with E-state index in [0.717, 1.165) is 57.1 Å². The van der Waals surface area contributed by atoms with E-state index in [1.165, 1.54) is 17.2 Å². The van der Waals surface area contributed by atoms with Crippen molar-refractivity contribution in [3.05, 3.63) is 41.8 Å². The number of carbonyl (C=O) groups excluding carboxylic acids is 2. The molecular formula is C34H48N2O3. The Balaban J connectivity index is 1.46. The van der Waals surface area contributed by atoms with Gasteiger partial charge in [0, 0.05) is 23.4 Å². The summed E-state index contributed by atoms with van der Waals surface area (Å²) in [5.74, 6) is 1.93. The van der Waals surface area contributed by atoms with Crippen LogP contribution in [0, 0.1) is 44.8 Å². The molecule has 1 N–H and O–H groups in total. The van der Waals surface area contributed by atoms with Crippen LogP contribution in [0.1, 0.15) is 105 Å². The second-order valence-corrected chi connectivity index (χ2v) is 16.0. The summed E-state index contributed by atoms with van der Waals surface area (Å²) in [5, 5.41) is 7.38. The summed E-state index contributed by atoms with van der Waals surface area (Å²) in [6.07, 6.45) is 13.9. The Morgan fingerprint density at radius 2 is 1.82 bits per heavy atom. The number of fused-ring (bicyclic) bond motifs is 8. The van der Waals surface area contributed by atoms with Gasteiger partial charge in [0.1, 0.15) is 5.76 Å². The summed E-state index contributed by atoms with van der Waals surface area (Å²) in [5.41, 5.74) is 2.39. The van der Waals surface area contributed by atoms with Gasteiger partial charge in [-0.05, 0) is 102 Å². The number of hydrogen-bond donors (Lipinski definition) is 1. The number of rotatable bonds is 3. The van der Waals surface area contributed by atoms with Gasteiger partial charge < -0.3 is 9.84 Å². The third kappa shape index (κ3) is 3.46. The van der Waals surface area contributed by atoms with E-state index in [9.17, 15) is 9.59 Å². The smallest absolute Gasteiger partial charge is 0.243 e. The van der Waals surface area contributed by atoms with Crippen molar-refractivity contribution in [1.29, 1.82) is 0 Å².